The standard InChI is InChI=1S/C24H24ClNO2S/c1-17(2)28-22-11-5-18(6-12-22)15-26-24(27)20-7-3-19(4-8-20)16-29-23-13-9-21(25)10-14-23/h3-14,17H,15-16H2,1-2H3,(H,26,27). The van der Waals surface area contributed by atoms with E-state index in [1.165, 1.54) is 10.5 Å². The summed E-state index contributed by atoms with van der Waals surface area (Å²) < 4.78 is 5.63. The minimum atomic E-state index is -0.0792. The molecule has 0 saturated heterocycles. The van der Waals surface area contributed by atoms with Crippen LogP contribution >= 0.6 is 23.4 Å². The fourth-order valence-electron chi connectivity index (χ4n) is 2.69. The molecular formula is C24H24ClNO2S. The molecule has 1 amide bonds. The Balaban J connectivity index is 1.48. The fraction of sp³-hybridized carbons (Fsp3) is 0.208. The Labute approximate surface area is 181 Å². The van der Waals surface area contributed by atoms with Crippen LogP contribution in [-0.4, -0.2) is 12.0 Å². The number of rotatable bonds is 8. The van der Waals surface area contributed by atoms with Crippen LogP contribution in [0.25, 0.3) is 0 Å². The van der Waals surface area contributed by atoms with Crippen LogP contribution in [0.3, 0.4) is 0 Å². The van der Waals surface area contributed by atoms with Crippen LogP contribution in [0.1, 0.15) is 35.3 Å². The molecule has 1 N–H and O–H groups in total. The number of nitrogens with one attached hydrogen (secondary N) is 1. The first-order chi connectivity index (χ1) is 14.0. The second-order valence-electron chi connectivity index (χ2n) is 6.93. The lowest BCUT2D eigenvalue weighted by molar-refractivity contribution is 0.0951. The van der Waals surface area contributed by atoms with E-state index in [2.05, 4.69) is 5.32 Å². The second-order valence-corrected chi connectivity index (χ2v) is 8.42. The van der Waals surface area contributed by atoms with E-state index in [0.29, 0.717) is 12.1 Å². The maximum atomic E-state index is 12.4. The quantitative estimate of drug-likeness (QED) is 0.427. The molecule has 3 rings (SSSR count). The second kappa shape index (κ2) is 10.4. The van der Waals surface area contributed by atoms with Gasteiger partial charge in [-0.3, -0.25) is 4.79 Å². The number of benzene rings is 3. The predicted molar refractivity (Wildman–Crippen MR) is 121 cm³/mol. The monoisotopic (exact) mass is 425 g/mol. The molecule has 0 aromatic heterocycles. The molecule has 0 fully saturated rings. The Hall–Kier alpha value is -2.43. The van der Waals surface area contributed by atoms with Crippen molar-refractivity contribution >= 4 is 29.3 Å². The van der Waals surface area contributed by atoms with Gasteiger partial charge in [0.05, 0.1) is 6.10 Å². The molecule has 0 aliphatic heterocycles. The Morgan fingerprint density at radius 1 is 0.931 bits per heavy atom. The topological polar surface area (TPSA) is 38.3 Å². The molecule has 0 atom stereocenters. The van der Waals surface area contributed by atoms with Gasteiger partial charge in [-0.15, -0.1) is 11.8 Å². The van der Waals surface area contributed by atoms with E-state index < -0.39 is 0 Å². The molecule has 3 nitrogen and oxygen atoms in total. The number of ether oxygens (including phenoxy) is 1. The highest BCUT2D eigenvalue weighted by molar-refractivity contribution is 7.98. The lowest BCUT2D eigenvalue weighted by Crippen LogP contribution is -2.22. The molecular weight excluding hydrogens is 402 g/mol. The first-order valence-corrected chi connectivity index (χ1v) is 10.9. The van der Waals surface area contributed by atoms with Gasteiger partial charge in [-0.25, -0.2) is 0 Å². The number of hydrogen-bond acceptors (Lipinski definition) is 3. The summed E-state index contributed by atoms with van der Waals surface area (Å²) in [6, 6.07) is 23.3. The van der Waals surface area contributed by atoms with Crippen LogP contribution in [0, 0.1) is 0 Å². The third kappa shape index (κ3) is 6.84. The zero-order chi connectivity index (χ0) is 20.6. The third-order valence-electron chi connectivity index (χ3n) is 4.18. The maximum Gasteiger partial charge on any atom is 0.251 e. The summed E-state index contributed by atoms with van der Waals surface area (Å²) in [5.41, 5.74) is 2.86. The fourth-order valence-corrected chi connectivity index (χ4v) is 3.67. The molecule has 0 heterocycles. The minimum absolute atomic E-state index is 0.0792. The summed E-state index contributed by atoms with van der Waals surface area (Å²) in [4.78, 5) is 13.6. The van der Waals surface area contributed by atoms with Gasteiger partial charge < -0.3 is 10.1 Å². The van der Waals surface area contributed by atoms with E-state index >= 15 is 0 Å². The number of thioether (sulfide) groups is 1. The van der Waals surface area contributed by atoms with Crippen molar-refractivity contribution in [3.8, 4) is 5.75 Å². The van der Waals surface area contributed by atoms with E-state index in [1.54, 1.807) is 11.8 Å². The SMILES string of the molecule is CC(C)Oc1ccc(CNC(=O)c2ccc(CSc3ccc(Cl)cc3)cc2)cc1. The molecule has 0 radical (unpaired) electrons. The summed E-state index contributed by atoms with van der Waals surface area (Å²) in [6.45, 7) is 4.47. The van der Waals surface area contributed by atoms with Crippen molar-refractivity contribution in [2.75, 3.05) is 0 Å². The Morgan fingerprint density at radius 3 is 2.17 bits per heavy atom. The van der Waals surface area contributed by atoms with Gasteiger partial charge in [0.15, 0.2) is 0 Å². The summed E-state index contributed by atoms with van der Waals surface area (Å²) in [6.07, 6.45) is 0.146. The van der Waals surface area contributed by atoms with Gasteiger partial charge >= 0.3 is 0 Å². The molecule has 3 aromatic rings. The van der Waals surface area contributed by atoms with Crippen molar-refractivity contribution in [3.05, 3.63) is 94.5 Å². The Bertz CT molecular complexity index is 923. The van der Waals surface area contributed by atoms with Crippen molar-refractivity contribution in [2.45, 2.75) is 37.1 Å². The molecule has 0 bridgehead atoms. The van der Waals surface area contributed by atoms with Crippen molar-refractivity contribution in [1.29, 1.82) is 0 Å². The number of carbonyl (C=O) groups excluding carboxylic acids is 1. The number of amides is 1. The third-order valence-corrected chi connectivity index (χ3v) is 5.52. The average molecular weight is 426 g/mol. The zero-order valence-electron chi connectivity index (χ0n) is 16.5. The highest BCUT2D eigenvalue weighted by Crippen LogP contribution is 2.24. The van der Waals surface area contributed by atoms with Crippen LogP contribution < -0.4 is 10.1 Å². The van der Waals surface area contributed by atoms with Gasteiger partial charge in [0, 0.05) is 27.8 Å². The van der Waals surface area contributed by atoms with E-state index in [9.17, 15) is 4.79 Å². The molecule has 0 spiro atoms. The minimum Gasteiger partial charge on any atom is -0.491 e. The summed E-state index contributed by atoms with van der Waals surface area (Å²) in [5.74, 6) is 1.60. The summed E-state index contributed by atoms with van der Waals surface area (Å²) in [7, 11) is 0. The molecule has 150 valence electrons. The van der Waals surface area contributed by atoms with Crippen LogP contribution in [0.5, 0.6) is 5.75 Å². The molecule has 0 unspecified atom stereocenters. The number of halogens is 1. The Kier molecular flexibility index (Phi) is 7.62. The van der Waals surface area contributed by atoms with Gasteiger partial charge in [0.1, 0.15) is 5.75 Å². The van der Waals surface area contributed by atoms with Crippen molar-refractivity contribution in [3.63, 3.8) is 0 Å². The smallest absolute Gasteiger partial charge is 0.251 e. The van der Waals surface area contributed by atoms with Crippen molar-refractivity contribution in [2.24, 2.45) is 0 Å². The average Bonchev–Trinajstić information content (AvgIpc) is 2.72. The van der Waals surface area contributed by atoms with E-state index in [-0.39, 0.29) is 12.0 Å². The number of carbonyl (C=O) groups is 1. The normalized spacial score (nSPS) is 10.8. The van der Waals surface area contributed by atoms with Crippen LogP contribution in [-0.2, 0) is 12.3 Å². The lowest BCUT2D eigenvalue weighted by atomic mass is 10.1. The van der Waals surface area contributed by atoms with Crippen LogP contribution in [0.2, 0.25) is 5.02 Å². The van der Waals surface area contributed by atoms with Gasteiger partial charge in [0.2, 0.25) is 0 Å². The van der Waals surface area contributed by atoms with Crippen molar-refractivity contribution in [1.82, 2.24) is 5.32 Å². The molecule has 0 aliphatic rings. The predicted octanol–water partition coefficient (Wildman–Crippen LogP) is 6.35. The van der Waals surface area contributed by atoms with E-state index in [4.69, 9.17) is 16.3 Å². The van der Waals surface area contributed by atoms with Gasteiger partial charge in [-0.2, -0.15) is 0 Å². The van der Waals surface area contributed by atoms with E-state index in [1.807, 2.05) is 86.6 Å². The molecule has 5 heteroatoms. The molecule has 0 saturated carbocycles. The van der Waals surface area contributed by atoms with Crippen LogP contribution in [0.4, 0.5) is 0 Å². The van der Waals surface area contributed by atoms with Crippen molar-refractivity contribution < 1.29 is 9.53 Å². The molecule has 29 heavy (non-hydrogen) atoms. The first-order valence-electron chi connectivity index (χ1n) is 9.51. The van der Waals surface area contributed by atoms with Crippen LogP contribution in [0.15, 0.2) is 77.7 Å². The summed E-state index contributed by atoms with van der Waals surface area (Å²) in [5, 5.41) is 3.70. The van der Waals surface area contributed by atoms with Gasteiger partial charge in [-0.05, 0) is 73.5 Å². The highest BCUT2D eigenvalue weighted by atomic mass is 35.5. The Morgan fingerprint density at radius 2 is 1.55 bits per heavy atom. The highest BCUT2D eigenvalue weighted by Gasteiger charge is 2.06. The zero-order valence-corrected chi connectivity index (χ0v) is 18.1. The van der Waals surface area contributed by atoms with E-state index in [0.717, 1.165) is 22.1 Å². The first kappa shape index (κ1) is 21.3. The maximum absolute atomic E-state index is 12.4. The number of hydrogen-bond donors (Lipinski definition) is 1. The van der Waals surface area contributed by atoms with Gasteiger partial charge in [-0.1, -0.05) is 35.9 Å². The molecule has 0 aliphatic carbocycles. The summed E-state index contributed by atoms with van der Waals surface area (Å²) >= 11 is 7.65. The largest absolute Gasteiger partial charge is 0.491 e. The van der Waals surface area contributed by atoms with Gasteiger partial charge in [0.25, 0.3) is 5.91 Å². The molecule has 3 aromatic carbocycles. The lowest BCUT2D eigenvalue weighted by Gasteiger charge is -2.10.